The molecule has 1 aromatic heterocycles. The minimum atomic E-state index is -4.48. The summed E-state index contributed by atoms with van der Waals surface area (Å²) in [4.78, 5) is 21.0. The van der Waals surface area contributed by atoms with Gasteiger partial charge < -0.3 is 10.6 Å². The summed E-state index contributed by atoms with van der Waals surface area (Å²) in [5.41, 5.74) is 6.47. The van der Waals surface area contributed by atoms with Crippen LogP contribution in [0.1, 0.15) is 27.0 Å². The molecule has 0 atom stereocenters. The Labute approximate surface area is 174 Å². The van der Waals surface area contributed by atoms with E-state index in [2.05, 4.69) is 10.1 Å². The van der Waals surface area contributed by atoms with Crippen molar-refractivity contribution < 1.29 is 22.8 Å². The molecule has 0 unspecified atom stereocenters. The van der Waals surface area contributed by atoms with Gasteiger partial charge in [0.15, 0.2) is 5.84 Å². The number of amidine groups is 1. The van der Waals surface area contributed by atoms with Crippen LogP contribution >= 0.6 is 11.8 Å². The van der Waals surface area contributed by atoms with Crippen LogP contribution in [-0.2, 0) is 16.8 Å². The smallest absolute Gasteiger partial charge is 0.380 e. The lowest BCUT2D eigenvalue weighted by Crippen LogP contribution is -2.15. The van der Waals surface area contributed by atoms with Gasteiger partial charge in [0.05, 0.1) is 16.2 Å². The van der Waals surface area contributed by atoms with Crippen molar-refractivity contribution >= 4 is 23.6 Å². The molecule has 2 aromatic carbocycles. The lowest BCUT2D eigenvalue weighted by atomic mass is 10.1. The summed E-state index contributed by atoms with van der Waals surface area (Å²) in [6, 6.07) is 16.5. The molecule has 154 valence electrons. The van der Waals surface area contributed by atoms with Crippen molar-refractivity contribution in [2.24, 2.45) is 10.9 Å². The minimum Gasteiger partial charge on any atom is -0.380 e. The lowest BCUT2D eigenvalue weighted by Gasteiger charge is -2.07. The fourth-order valence-electron chi connectivity index (χ4n) is 2.40. The second kappa shape index (κ2) is 9.45. The highest BCUT2D eigenvalue weighted by Crippen LogP contribution is 2.29. The van der Waals surface area contributed by atoms with Gasteiger partial charge in [-0.25, -0.2) is 9.78 Å². The second-order valence-electron chi connectivity index (χ2n) is 6.09. The van der Waals surface area contributed by atoms with Crippen LogP contribution in [0.25, 0.3) is 0 Å². The van der Waals surface area contributed by atoms with Crippen LogP contribution in [0.5, 0.6) is 0 Å². The Morgan fingerprint density at radius 2 is 1.80 bits per heavy atom. The number of nitrogens with two attached hydrogens (primary N) is 1. The van der Waals surface area contributed by atoms with E-state index in [1.54, 1.807) is 36.2 Å². The van der Waals surface area contributed by atoms with Crippen molar-refractivity contribution in [2.75, 3.05) is 0 Å². The van der Waals surface area contributed by atoms with E-state index in [4.69, 9.17) is 10.6 Å². The van der Waals surface area contributed by atoms with E-state index >= 15 is 0 Å². The number of halogens is 3. The highest BCUT2D eigenvalue weighted by atomic mass is 32.2. The van der Waals surface area contributed by atoms with Gasteiger partial charge in [0.2, 0.25) is 0 Å². The first-order valence-corrected chi connectivity index (χ1v) is 9.67. The van der Waals surface area contributed by atoms with Gasteiger partial charge >= 0.3 is 12.1 Å². The fraction of sp³-hybridized carbons (Fsp3) is 0.0952. The number of thioether (sulfide) groups is 1. The number of aromatic nitrogens is 1. The Morgan fingerprint density at radius 3 is 2.47 bits per heavy atom. The molecule has 0 aliphatic rings. The Hall–Kier alpha value is -3.33. The molecule has 1 heterocycles. The van der Waals surface area contributed by atoms with Crippen LogP contribution in [-0.4, -0.2) is 16.8 Å². The number of pyridine rings is 1. The summed E-state index contributed by atoms with van der Waals surface area (Å²) >= 11 is 1.56. The van der Waals surface area contributed by atoms with Gasteiger partial charge in [-0.15, -0.1) is 11.8 Å². The molecule has 5 nitrogen and oxygen atoms in total. The van der Waals surface area contributed by atoms with Gasteiger partial charge in [-0.05, 0) is 48.0 Å². The van der Waals surface area contributed by atoms with Gasteiger partial charge in [0, 0.05) is 17.5 Å². The molecule has 0 amide bonds. The average Bonchev–Trinajstić information content (AvgIpc) is 2.76. The van der Waals surface area contributed by atoms with Crippen molar-refractivity contribution in [1.29, 1.82) is 0 Å². The molecule has 3 aromatic rings. The molecule has 0 radical (unpaired) electrons. The van der Waals surface area contributed by atoms with Gasteiger partial charge in [-0.2, -0.15) is 13.2 Å². The van der Waals surface area contributed by atoms with E-state index in [-0.39, 0.29) is 11.4 Å². The normalized spacial score (nSPS) is 11.9. The fourth-order valence-corrected chi connectivity index (χ4v) is 3.21. The number of hydrogen-bond donors (Lipinski definition) is 1. The van der Waals surface area contributed by atoms with Crippen molar-refractivity contribution in [2.45, 2.75) is 17.0 Å². The number of rotatable bonds is 6. The second-order valence-corrected chi connectivity index (χ2v) is 7.08. The maximum absolute atomic E-state index is 12.6. The Morgan fingerprint density at radius 1 is 1.03 bits per heavy atom. The molecular formula is C21H16F3N3O2S. The van der Waals surface area contributed by atoms with Crippen LogP contribution in [0.4, 0.5) is 13.2 Å². The first-order chi connectivity index (χ1) is 14.3. The Balaban J connectivity index is 1.63. The van der Waals surface area contributed by atoms with Crippen LogP contribution < -0.4 is 5.73 Å². The van der Waals surface area contributed by atoms with E-state index < -0.39 is 17.7 Å². The standard InChI is InChI=1S/C21H16F3N3O2S/c22-21(23,24)17-9-7-15(8-10-17)20(28)29-27-19(25)16-5-3-4-14(12-16)13-30-18-6-1-2-11-26-18/h1-12H,13H2,(H2,25,27). The van der Waals surface area contributed by atoms with Gasteiger partial charge in [0.25, 0.3) is 0 Å². The first-order valence-electron chi connectivity index (χ1n) is 8.68. The number of alkyl halides is 3. The Kier molecular flexibility index (Phi) is 6.73. The number of nitrogens with zero attached hydrogens (tertiary/aromatic N) is 2. The lowest BCUT2D eigenvalue weighted by molar-refractivity contribution is -0.137. The molecule has 0 aliphatic heterocycles. The predicted octanol–water partition coefficient (Wildman–Crippen LogP) is 4.87. The third-order valence-electron chi connectivity index (χ3n) is 3.92. The summed E-state index contributed by atoms with van der Waals surface area (Å²) in [5.74, 6) is -0.280. The van der Waals surface area contributed by atoms with E-state index in [0.717, 1.165) is 34.9 Å². The van der Waals surface area contributed by atoms with Crippen molar-refractivity contribution in [3.8, 4) is 0 Å². The van der Waals surface area contributed by atoms with Crippen LogP contribution in [0.3, 0.4) is 0 Å². The first kappa shape index (κ1) is 21.4. The molecule has 0 saturated heterocycles. The number of oxime groups is 1. The molecular weight excluding hydrogens is 415 g/mol. The highest BCUT2D eigenvalue weighted by molar-refractivity contribution is 7.98. The summed E-state index contributed by atoms with van der Waals surface area (Å²) in [7, 11) is 0. The van der Waals surface area contributed by atoms with Gasteiger partial charge in [-0.3, -0.25) is 0 Å². The van der Waals surface area contributed by atoms with Gasteiger partial charge in [0.1, 0.15) is 0 Å². The summed E-state index contributed by atoms with van der Waals surface area (Å²) in [6.07, 6.45) is -2.76. The molecule has 0 saturated carbocycles. The van der Waals surface area contributed by atoms with Crippen LogP contribution in [0.15, 0.2) is 83.1 Å². The topological polar surface area (TPSA) is 77.6 Å². The molecule has 0 fully saturated rings. The molecule has 0 aliphatic carbocycles. The van der Waals surface area contributed by atoms with E-state index in [0.29, 0.717) is 11.3 Å². The zero-order valence-corrected chi connectivity index (χ0v) is 16.3. The van der Waals surface area contributed by atoms with Crippen molar-refractivity contribution in [3.63, 3.8) is 0 Å². The maximum Gasteiger partial charge on any atom is 0.416 e. The molecule has 30 heavy (non-hydrogen) atoms. The Bertz CT molecular complexity index is 1040. The van der Waals surface area contributed by atoms with E-state index in [1.165, 1.54) is 0 Å². The minimum absolute atomic E-state index is 0.0278. The van der Waals surface area contributed by atoms with Crippen molar-refractivity contribution in [3.05, 3.63) is 95.2 Å². The predicted molar refractivity (Wildman–Crippen MR) is 108 cm³/mol. The third kappa shape index (κ3) is 5.84. The highest BCUT2D eigenvalue weighted by Gasteiger charge is 2.30. The summed E-state index contributed by atoms with van der Waals surface area (Å²) < 4.78 is 37.8. The van der Waals surface area contributed by atoms with E-state index in [9.17, 15) is 18.0 Å². The largest absolute Gasteiger partial charge is 0.416 e. The zero-order chi connectivity index (χ0) is 21.6. The van der Waals surface area contributed by atoms with Gasteiger partial charge in [-0.1, -0.05) is 29.4 Å². The molecule has 0 bridgehead atoms. The van der Waals surface area contributed by atoms with Crippen LogP contribution in [0.2, 0.25) is 0 Å². The molecule has 0 spiro atoms. The molecule has 3 rings (SSSR count). The zero-order valence-electron chi connectivity index (χ0n) is 15.5. The monoisotopic (exact) mass is 431 g/mol. The third-order valence-corrected chi connectivity index (χ3v) is 4.94. The molecule has 9 heteroatoms. The average molecular weight is 431 g/mol. The SMILES string of the molecule is NC(=NOC(=O)c1ccc(C(F)(F)F)cc1)c1cccc(CSc2ccccn2)c1. The number of carbonyl (C=O) groups is 1. The van der Waals surface area contributed by atoms with Crippen molar-refractivity contribution in [1.82, 2.24) is 4.98 Å². The number of hydrogen-bond acceptors (Lipinski definition) is 5. The number of benzene rings is 2. The summed E-state index contributed by atoms with van der Waals surface area (Å²) in [6.45, 7) is 0. The van der Waals surface area contributed by atoms with E-state index in [1.807, 2.05) is 24.3 Å². The summed E-state index contributed by atoms with van der Waals surface area (Å²) in [5, 5.41) is 4.49. The van der Waals surface area contributed by atoms with Crippen LogP contribution in [0, 0.1) is 0 Å². The molecule has 2 N–H and O–H groups in total. The number of carbonyl (C=O) groups excluding carboxylic acids is 1. The quantitative estimate of drug-likeness (QED) is 0.198. The maximum atomic E-state index is 12.6.